The number of amides is 1. The molecule has 1 fully saturated rings. The van der Waals surface area contributed by atoms with Crippen LogP contribution >= 0.6 is 0 Å². The largest absolute Gasteiger partial charge is 0.475 e. The second-order valence-corrected chi connectivity index (χ2v) is 6.54. The lowest BCUT2D eigenvalue weighted by molar-refractivity contribution is -0.121. The van der Waals surface area contributed by atoms with E-state index in [1.165, 1.54) is 0 Å². The summed E-state index contributed by atoms with van der Waals surface area (Å²) >= 11 is 0. The Balaban J connectivity index is 1.65. The maximum Gasteiger partial charge on any atom is 0.235 e. The standard InChI is InChI=1S/C21H26N2O3/c1-2-25-14-15-26-19-11-10-18(16-22-19)23-20(24)21(12-6-7-13-21)17-8-4-3-5-9-17/h3-5,8-11,16H,2,6-7,12-15H2,1H3,(H,23,24). The molecular formula is C21H26N2O3. The number of nitrogens with zero attached hydrogens (tertiary/aromatic N) is 1. The van der Waals surface area contributed by atoms with E-state index in [-0.39, 0.29) is 5.91 Å². The molecule has 1 N–H and O–H groups in total. The minimum absolute atomic E-state index is 0.0491. The number of anilines is 1. The fourth-order valence-corrected chi connectivity index (χ4v) is 3.52. The second kappa shape index (κ2) is 8.81. The van der Waals surface area contributed by atoms with Gasteiger partial charge >= 0.3 is 0 Å². The zero-order chi connectivity index (χ0) is 18.2. The highest BCUT2D eigenvalue weighted by atomic mass is 16.5. The maximum absolute atomic E-state index is 13.1. The molecular weight excluding hydrogens is 328 g/mol. The van der Waals surface area contributed by atoms with E-state index in [0.717, 1.165) is 31.2 Å². The summed E-state index contributed by atoms with van der Waals surface area (Å²) in [5, 5.41) is 3.05. The molecule has 1 aliphatic rings. The SMILES string of the molecule is CCOCCOc1ccc(NC(=O)C2(c3ccccc3)CCCC2)cn1. The second-order valence-electron chi connectivity index (χ2n) is 6.54. The Bertz CT molecular complexity index is 695. The van der Waals surface area contributed by atoms with Crippen molar-refractivity contribution in [1.29, 1.82) is 0 Å². The third kappa shape index (κ3) is 4.22. The van der Waals surface area contributed by atoms with Crippen molar-refractivity contribution in [2.24, 2.45) is 0 Å². The van der Waals surface area contributed by atoms with E-state index < -0.39 is 5.41 Å². The molecule has 1 saturated carbocycles. The van der Waals surface area contributed by atoms with Crippen molar-refractivity contribution in [1.82, 2.24) is 4.98 Å². The molecule has 5 heteroatoms. The molecule has 5 nitrogen and oxygen atoms in total. The average molecular weight is 354 g/mol. The number of hydrogen-bond acceptors (Lipinski definition) is 4. The Morgan fingerprint density at radius 3 is 2.54 bits per heavy atom. The molecule has 138 valence electrons. The normalized spacial score (nSPS) is 15.6. The fraction of sp³-hybridized carbons (Fsp3) is 0.429. The third-order valence-corrected chi connectivity index (χ3v) is 4.89. The van der Waals surface area contributed by atoms with E-state index in [1.54, 1.807) is 12.3 Å². The van der Waals surface area contributed by atoms with Crippen LogP contribution in [0, 0.1) is 0 Å². The predicted octanol–water partition coefficient (Wildman–Crippen LogP) is 3.95. The number of aromatic nitrogens is 1. The lowest BCUT2D eigenvalue weighted by Gasteiger charge is -2.28. The van der Waals surface area contributed by atoms with Crippen molar-refractivity contribution in [2.75, 3.05) is 25.1 Å². The van der Waals surface area contributed by atoms with Crippen LogP contribution in [-0.2, 0) is 14.9 Å². The lowest BCUT2D eigenvalue weighted by atomic mass is 9.78. The van der Waals surface area contributed by atoms with Gasteiger partial charge in [-0.2, -0.15) is 0 Å². The van der Waals surface area contributed by atoms with Gasteiger partial charge in [0, 0.05) is 12.7 Å². The highest BCUT2D eigenvalue weighted by molar-refractivity contribution is 5.99. The summed E-state index contributed by atoms with van der Waals surface area (Å²) in [4.78, 5) is 17.3. The molecule has 1 heterocycles. The summed E-state index contributed by atoms with van der Waals surface area (Å²) in [6.07, 6.45) is 5.56. The van der Waals surface area contributed by atoms with E-state index >= 15 is 0 Å². The minimum atomic E-state index is -0.437. The van der Waals surface area contributed by atoms with Crippen molar-refractivity contribution in [3.63, 3.8) is 0 Å². The van der Waals surface area contributed by atoms with Gasteiger partial charge in [0.15, 0.2) is 0 Å². The number of carbonyl (C=O) groups excluding carboxylic acids is 1. The van der Waals surface area contributed by atoms with Crippen molar-refractivity contribution in [3.05, 3.63) is 54.2 Å². The van der Waals surface area contributed by atoms with Crippen LogP contribution in [0.25, 0.3) is 0 Å². The highest BCUT2D eigenvalue weighted by Crippen LogP contribution is 2.42. The first-order valence-electron chi connectivity index (χ1n) is 9.28. The monoisotopic (exact) mass is 354 g/mol. The summed E-state index contributed by atoms with van der Waals surface area (Å²) in [5.74, 6) is 0.578. The maximum atomic E-state index is 13.1. The molecule has 1 aromatic carbocycles. The summed E-state index contributed by atoms with van der Waals surface area (Å²) < 4.78 is 10.7. The Morgan fingerprint density at radius 1 is 1.12 bits per heavy atom. The van der Waals surface area contributed by atoms with Gasteiger partial charge in [-0.1, -0.05) is 43.2 Å². The van der Waals surface area contributed by atoms with Gasteiger partial charge in [-0.15, -0.1) is 0 Å². The van der Waals surface area contributed by atoms with Crippen molar-refractivity contribution < 1.29 is 14.3 Å². The summed E-state index contributed by atoms with van der Waals surface area (Å²) in [6, 6.07) is 13.7. The quantitative estimate of drug-likeness (QED) is 0.729. The van der Waals surface area contributed by atoms with Crippen LogP contribution in [0.2, 0.25) is 0 Å². The van der Waals surface area contributed by atoms with E-state index in [1.807, 2.05) is 31.2 Å². The molecule has 0 bridgehead atoms. The lowest BCUT2D eigenvalue weighted by Crippen LogP contribution is -2.37. The van der Waals surface area contributed by atoms with Crippen molar-refractivity contribution >= 4 is 11.6 Å². The van der Waals surface area contributed by atoms with Crippen LogP contribution in [0.3, 0.4) is 0 Å². The van der Waals surface area contributed by atoms with Gasteiger partial charge in [-0.3, -0.25) is 4.79 Å². The zero-order valence-corrected chi connectivity index (χ0v) is 15.2. The van der Waals surface area contributed by atoms with Gasteiger partial charge < -0.3 is 14.8 Å². The molecule has 0 spiro atoms. The molecule has 26 heavy (non-hydrogen) atoms. The number of ether oxygens (including phenoxy) is 2. The van der Waals surface area contributed by atoms with Crippen molar-refractivity contribution in [2.45, 2.75) is 38.0 Å². The first-order valence-corrected chi connectivity index (χ1v) is 9.28. The van der Waals surface area contributed by atoms with Gasteiger partial charge in [-0.25, -0.2) is 4.98 Å². The van der Waals surface area contributed by atoms with E-state index in [0.29, 0.717) is 31.4 Å². The summed E-state index contributed by atoms with van der Waals surface area (Å²) in [5.41, 5.74) is 1.35. The van der Waals surface area contributed by atoms with Crippen LogP contribution in [-0.4, -0.2) is 30.7 Å². The number of hydrogen-bond donors (Lipinski definition) is 1. The third-order valence-electron chi connectivity index (χ3n) is 4.89. The molecule has 1 aliphatic carbocycles. The number of nitrogens with one attached hydrogen (secondary N) is 1. The van der Waals surface area contributed by atoms with Gasteiger partial charge in [0.25, 0.3) is 0 Å². The highest BCUT2D eigenvalue weighted by Gasteiger charge is 2.42. The van der Waals surface area contributed by atoms with Crippen LogP contribution in [0.5, 0.6) is 5.88 Å². The molecule has 0 saturated heterocycles. The van der Waals surface area contributed by atoms with Crippen LogP contribution in [0.15, 0.2) is 48.7 Å². The average Bonchev–Trinajstić information content (AvgIpc) is 3.18. The fourth-order valence-electron chi connectivity index (χ4n) is 3.52. The Morgan fingerprint density at radius 2 is 1.88 bits per heavy atom. The number of carbonyl (C=O) groups is 1. The molecule has 0 atom stereocenters. The van der Waals surface area contributed by atoms with E-state index in [9.17, 15) is 4.79 Å². The summed E-state index contributed by atoms with van der Waals surface area (Å²) in [7, 11) is 0. The molecule has 1 amide bonds. The summed E-state index contributed by atoms with van der Waals surface area (Å²) in [6.45, 7) is 3.62. The van der Waals surface area contributed by atoms with Gasteiger partial charge in [0.1, 0.15) is 6.61 Å². The van der Waals surface area contributed by atoms with Crippen molar-refractivity contribution in [3.8, 4) is 5.88 Å². The predicted molar refractivity (Wildman–Crippen MR) is 101 cm³/mol. The van der Waals surface area contributed by atoms with Gasteiger partial charge in [-0.05, 0) is 31.4 Å². The Hall–Kier alpha value is -2.40. The topological polar surface area (TPSA) is 60.5 Å². The molecule has 1 aromatic heterocycles. The number of benzene rings is 1. The molecule has 0 unspecified atom stereocenters. The van der Waals surface area contributed by atoms with Gasteiger partial charge in [0.05, 0.1) is 23.9 Å². The smallest absolute Gasteiger partial charge is 0.235 e. The minimum Gasteiger partial charge on any atom is -0.475 e. The first-order chi connectivity index (χ1) is 12.7. The first kappa shape index (κ1) is 18.4. The van der Waals surface area contributed by atoms with E-state index in [4.69, 9.17) is 9.47 Å². The zero-order valence-electron chi connectivity index (χ0n) is 15.2. The van der Waals surface area contributed by atoms with Crippen LogP contribution < -0.4 is 10.1 Å². The number of rotatable bonds is 8. The molecule has 0 aliphatic heterocycles. The number of pyridine rings is 1. The van der Waals surface area contributed by atoms with Gasteiger partial charge in [0.2, 0.25) is 11.8 Å². The van der Waals surface area contributed by atoms with Crippen LogP contribution in [0.4, 0.5) is 5.69 Å². The molecule has 3 rings (SSSR count). The Kier molecular flexibility index (Phi) is 6.23. The van der Waals surface area contributed by atoms with E-state index in [2.05, 4.69) is 22.4 Å². The molecule has 2 aromatic rings. The Labute approximate surface area is 154 Å². The molecule has 0 radical (unpaired) electrons. The van der Waals surface area contributed by atoms with Crippen LogP contribution in [0.1, 0.15) is 38.2 Å².